The highest BCUT2D eigenvalue weighted by Gasteiger charge is 2.37. The number of oxime groups is 1. The van der Waals surface area contributed by atoms with Crippen LogP contribution in [0, 0.1) is 0 Å². The molecule has 0 aromatic heterocycles. The number of methoxy groups -OCH3 is 1. The zero-order valence-corrected chi connectivity index (χ0v) is 8.86. The summed E-state index contributed by atoms with van der Waals surface area (Å²) >= 11 is 0. The van der Waals surface area contributed by atoms with Crippen LogP contribution in [-0.2, 0) is 4.74 Å². The van der Waals surface area contributed by atoms with Crippen LogP contribution in [0.1, 0.15) is 5.56 Å². The van der Waals surface area contributed by atoms with Crippen molar-refractivity contribution in [3.63, 3.8) is 0 Å². The van der Waals surface area contributed by atoms with Gasteiger partial charge in [-0.25, -0.2) is 0 Å². The van der Waals surface area contributed by atoms with E-state index in [-0.39, 0.29) is 18.1 Å². The molecule has 1 aromatic rings. The molecule has 4 nitrogen and oxygen atoms in total. The summed E-state index contributed by atoms with van der Waals surface area (Å²) in [6.45, 7) is -0.0823. The molecule has 0 aliphatic carbocycles. The number of nitrogens with zero attached hydrogens (tertiary/aromatic N) is 1. The molecule has 0 atom stereocenters. The summed E-state index contributed by atoms with van der Waals surface area (Å²) in [6, 6.07) is 5.11. The van der Waals surface area contributed by atoms with Gasteiger partial charge < -0.3 is 14.7 Å². The smallest absolute Gasteiger partial charge is 0.437 e. The molecule has 0 amide bonds. The maximum absolute atomic E-state index is 12.4. The van der Waals surface area contributed by atoms with E-state index in [1.165, 1.54) is 25.3 Å². The van der Waals surface area contributed by atoms with Gasteiger partial charge in [-0.05, 0) is 12.1 Å². The van der Waals surface area contributed by atoms with E-state index in [1.807, 2.05) is 0 Å². The summed E-state index contributed by atoms with van der Waals surface area (Å²) in [7, 11) is 1.39. The highest BCUT2D eigenvalue weighted by atomic mass is 19.4. The average Bonchev–Trinajstić information content (AvgIpc) is 2.26. The van der Waals surface area contributed by atoms with E-state index < -0.39 is 11.9 Å². The van der Waals surface area contributed by atoms with E-state index >= 15 is 0 Å². The second-order valence-corrected chi connectivity index (χ2v) is 3.03. The molecule has 0 saturated carbocycles. The second-order valence-electron chi connectivity index (χ2n) is 3.03. The highest BCUT2D eigenvalue weighted by Crippen LogP contribution is 2.24. The van der Waals surface area contributed by atoms with Gasteiger partial charge in [0.05, 0.1) is 0 Å². The van der Waals surface area contributed by atoms with Gasteiger partial charge >= 0.3 is 6.18 Å². The fourth-order valence-corrected chi connectivity index (χ4v) is 1.14. The molecule has 0 saturated heterocycles. The van der Waals surface area contributed by atoms with Gasteiger partial charge in [-0.1, -0.05) is 17.3 Å². The van der Waals surface area contributed by atoms with Crippen molar-refractivity contribution < 1.29 is 27.9 Å². The maximum atomic E-state index is 12.4. The predicted octanol–water partition coefficient (Wildman–Crippen LogP) is 2.41. The molecule has 0 radical (unpaired) electrons. The molecular formula is C10H10F3NO3. The topological polar surface area (TPSA) is 51.0 Å². The van der Waals surface area contributed by atoms with Crippen molar-refractivity contribution in [1.82, 2.24) is 0 Å². The first-order chi connectivity index (χ1) is 7.99. The van der Waals surface area contributed by atoms with Gasteiger partial charge in [-0.2, -0.15) is 13.2 Å². The van der Waals surface area contributed by atoms with Crippen LogP contribution in [0.3, 0.4) is 0 Å². The Kier molecular flexibility index (Phi) is 4.33. The van der Waals surface area contributed by atoms with Crippen LogP contribution in [0.4, 0.5) is 13.2 Å². The molecule has 17 heavy (non-hydrogen) atoms. The van der Waals surface area contributed by atoms with Crippen LogP contribution in [0.15, 0.2) is 29.4 Å². The van der Waals surface area contributed by atoms with E-state index in [4.69, 9.17) is 9.94 Å². The summed E-state index contributed by atoms with van der Waals surface area (Å²) in [5, 5.41) is 10.6. The van der Waals surface area contributed by atoms with Gasteiger partial charge in [0.2, 0.25) is 0 Å². The maximum Gasteiger partial charge on any atom is 0.437 e. The predicted molar refractivity (Wildman–Crippen MR) is 53.3 cm³/mol. The lowest BCUT2D eigenvalue weighted by atomic mass is 10.1. The summed E-state index contributed by atoms with van der Waals surface area (Å²) in [6.07, 6.45) is -4.73. The first-order valence-corrected chi connectivity index (χ1v) is 4.50. The minimum atomic E-state index is -4.73. The van der Waals surface area contributed by atoms with E-state index in [0.29, 0.717) is 0 Å². The van der Waals surface area contributed by atoms with Gasteiger partial charge in [0.25, 0.3) is 0 Å². The van der Waals surface area contributed by atoms with Crippen molar-refractivity contribution in [2.45, 2.75) is 6.18 Å². The normalized spacial score (nSPS) is 12.6. The van der Waals surface area contributed by atoms with Crippen molar-refractivity contribution in [2.24, 2.45) is 5.16 Å². The minimum absolute atomic E-state index is 0.0823. The van der Waals surface area contributed by atoms with Crippen molar-refractivity contribution in [2.75, 3.05) is 13.9 Å². The zero-order chi connectivity index (χ0) is 12.9. The highest BCUT2D eigenvalue weighted by molar-refractivity contribution is 6.04. The lowest BCUT2D eigenvalue weighted by Gasteiger charge is -2.10. The monoisotopic (exact) mass is 249 g/mol. The molecule has 0 heterocycles. The van der Waals surface area contributed by atoms with Crippen molar-refractivity contribution >= 4 is 5.71 Å². The molecule has 0 aliphatic rings. The van der Waals surface area contributed by atoms with Gasteiger partial charge in [0, 0.05) is 12.7 Å². The Balaban J connectivity index is 2.98. The number of benzene rings is 1. The number of halogens is 3. The molecule has 0 aliphatic heterocycles. The van der Waals surface area contributed by atoms with E-state index in [2.05, 4.69) is 9.89 Å². The van der Waals surface area contributed by atoms with Crippen LogP contribution in [0.5, 0.6) is 5.75 Å². The largest absolute Gasteiger partial charge is 0.468 e. The van der Waals surface area contributed by atoms with Crippen LogP contribution in [0.25, 0.3) is 0 Å². The third kappa shape index (κ3) is 3.63. The minimum Gasteiger partial charge on any atom is -0.468 e. The summed E-state index contributed by atoms with van der Waals surface area (Å²) in [5.41, 5.74) is -1.66. The molecule has 0 fully saturated rings. The van der Waals surface area contributed by atoms with Gasteiger partial charge in [-0.3, -0.25) is 0 Å². The molecule has 94 valence electrons. The SMILES string of the molecule is COCOc1cccc(C(=NO)C(F)(F)F)c1. The van der Waals surface area contributed by atoms with Crippen LogP contribution in [-0.4, -0.2) is 31.0 Å². The summed E-state index contributed by atoms with van der Waals surface area (Å²) in [4.78, 5) is 0. The van der Waals surface area contributed by atoms with Crippen LogP contribution >= 0.6 is 0 Å². The number of alkyl halides is 3. The molecule has 0 unspecified atom stereocenters. The first kappa shape index (κ1) is 13.3. The Labute approximate surface area is 95.3 Å². The number of hydrogen-bond acceptors (Lipinski definition) is 4. The Morgan fingerprint density at radius 1 is 1.41 bits per heavy atom. The molecular weight excluding hydrogens is 239 g/mol. The Bertz CT molecular complexity index is 404. The molecule has 1 rings (SSSR count). The first-order valence-electron chi connectivity index (χ1n) is 4.50. The standard InChI is InChI=1S/C10H10F3NO3/c1-16-6-17-8-4-2-3-7(5-8)9(14-15)10(11,12)13/h2-5,15H,6H2,1H3. The lowest BCUT2D eigenvalue weighted by molar-refractivity contribution is -0.0601. The van der Waals surface area contributed by atoms with E-state index in [1.54, 1.807) is 0 Å². The third-order valence-electron chi connectivity index (χ3n) is 1.82. The molecule has 1 N–H and O–H groups in total. The summed E-state index contributed by atoms with van der Waals surface area (Å²) < 4.78 is 46.9. The molecule has 1 aromatic carbocycles. The Morgan fingerprint density at radius 2 is 2.12 bits per heavy atom. The lowest BCUT2D eigenvalue weighted by Crippen LogP contribution is -2.24. The van der Waals surface area contributed by atoms with Gasteiger partial charge in [0.15, 0.2) is 12.5 Å². The van der Waals surface area contributed by atoms with Crippen LogP contribution < -0.4 is 4.74 Å². The van der Waals surface area contributed by atoms with Crippen molar-refractivity contribution in [3.8, 4) is 5.75 Å². The van der Waals surface area contributed by atoms with Crippen molar-refractivity contribution in [1.29, 1.82) is 0 Å². The van der Waals surface area contributed by atoms with Crippen molar-refractivity contribution in [3.05, 3.63) is 29.8 Å². The zero-order valence-electron chi connectivity index (χ0n) is 8.86. The van der Waals surface area contributed by atoms with E-state index in [0.717, 1.165) is 6.07 Å². The second kappa shape index (κ2) is 5.53. The quantitative estimate of drug-likeness (QED) is 0.386. The number of hydrogen-bond donors (Lipinski definition) is 1. The van der Waals surface area contributed by atoms with Gasteiger partial charge in [-0.15, -0.1) is 0 Å². The average molecular weight is 249 g/mol. The van der Waals surface area contributed by atoms with Crippen LogP contribution in [0.2, 0.25) is 0 Å². The molecule has 0 bridgehead atoms. The van der Waals surface area contributed by atoms with E-state index in [9.17, 15) is 13.2 Å². The fraction of sp³-hybridized carbons (Fsp3) is 0.300. The molecule has 7 heteroatoms. The molecule has 0 spiro atoms. The third-order valence-corrected chi connectivity index (χ3v) is 1.82. The Hall–Kier alpha value is -1.76. The van der Waals surface area contributed by atoms with Gasteiger partial charge in [0.1, 0.15) is 5.75 Å². The number of ether oxygens (including phenoxy) is 2. The summed E-state index contributed by atoms with van der Waals surface area (Å²) in [5.74, 6) is 0.190. The fourth-order valence-electron chi connectivity index (χ4n) is 1.14. The Morgan fingerprint density at radius 3 is 2.65 bits per heavy atom. The number of rotatable bonds is 4.